The highest BCUT2D eigenvalue weighted by atomic mass is 15.5. The maximum Gasteiger partial charge on any atom is 0.143 e. The lowest BCUT2D eigenvalue weighted by Gasteiger charge is -2.33. The standard InChI is InChI=1S/C12H16N6/c1-8-2-3-10(15-11-4-9(13)5-11)6-12(8)18-7-14-16-17-18/h2-3,6-7,9,11,15H,4-5,13H2,1H3. The van der Waals surface area contributed by atoms with Crippen LogP contribution in [0.2, 0.25) is 0 Å². The Morgan fingerprint density at radius 2 is 2.22 bits per heavy atom. The number of nitrogens with one attached hydrogen (secondary N) is 1. The molecule has 0 amide bonds. The first-order valence-electron chi connectivity index (χ1n) is 6.08. The van der Waals surface area contributed by atoms with Crippen LogP contribution in [0.3, 0.4) is 0 Å². The van der Waals surface area contributed by atoms with Crippen LogP contribution in [-0.4, -0.2) is 32.3 Å². The molecule has 0 radical (unpaired) electrons. The van der Waals surface area contributed by atoms with Gasteiger partial charge in [0.05, 0.1) is 5.69 Å². The van der Waals surface area contributed by atoms with Crippen LogP contribution in [0, 0.1) is 6.92 Å². The number of nitrogens with two attached hydrogens (primary N) is 1. The summed E-state index contributed by atoms with van der Waals surface area (Å²) in [5.41, 5.74) is 9.00. The summed E-state index contributed by atoms with van der Waals surface area (Å²) in [7, 11) is 0. The van der Waals surface area contributed by atoms with E-state index in [2.05, 4.69) is 39.0 Å². The zero-order valence-electron chi connectivity index (χ0n) is 10.2. The second-order valence-corrected chi connectivity index (χ2v) is 4.83. The highest BCUT2D eigenvalue weighted by Gasteiger charge is 2.25. The average molecular weight is 244 g/mol. The van der Waals surface area contributed by atoms with Gasteiger partial charge in [0.15, 0.2) is 0 Å². The molecule has 1 aromatic heterocycles. The number of aryl methyl sites for hydroxylation is 1. The van der Waals surface area contributed by atoms with E-state index in [1.165, 1.54) is 0 Å². The Morgan fingerprint density at radius 3 is 2.89 bits per heavy atom. The molecule has 1 saturated carbocycles. The molecule has 1 heterocycles. The monoisotopic (exact) mass is 244 g/mol. The summed E-state index contributed by atoms with van der Waals surface area (Å²) in [6.07, 6.45) is 3.67. The number of anilines is 1. The highest BCUT2D eigenvalue weighted by Crippen LogP contribution is 2.25. The average Bonchev–Trinajstić information content (AvgIpc) is 2.83. The van der Waals surface area contributed by atoms with Crippen molar-refractivity contribution in [2.24, 2.45) is 5.73 Å². The predicted octanol–water partition coefficient (Wildman–Crippen LogP) is 0.872. The van der Waals surface area contributed by atoms with Crippen molar-refractivity contribution < 1.29 is 0 Å². The van der Waals surface area contributed by atoms with E-state index in [-0.39, 0.29) is 0 Å². The Hall–Kier alpha value is -1.95. The van der Waals surface area contributed by atoms with Gasteiger partial charge in [-0.05, 0) is 47.9 Å². The van der Waals surface area contributed by atoms with Gasteiger partial charge in [-0.15, -0.1) is 5.10 Å². The highest BCUT2D eigenvalue weighted by molar-refractivity contribution is 5.55. The number of hydrogen-bond donors (Lipinski definition) is 2. The fourth-order valence-corrected chi connectivity index (χ4v) is 2.23. The van der Waals surface area contributed by atoms with E-state index in [0.717, 1.165) is 29.8 Å². The van der Waals surface area contributed by atoms with Crippen LogP contribution in [0.5, 0.6) is 0 Å². The van der Waals surface area contributed by atoms with Crippen LogP contribution in [0.4, 0.5) is 5.69 Å². The van der Waals surface area contributed by atoms with Crippen molar-refractivity contribution in [3.8, 4) is 5.69 Å². The minimum atomic E-state index is 0.354. The molecule has 1 aromatic carbocycles. The van der Waals surface area contributed by atoms with E-state index >= 15 is 0 Å². The molecule has 6 nitrogen and oxygen atoms in total. The van der Waals surface area contributed by atoms with Crippen LogP contribution >= 0.6 is 0 Å². The van der Waals surface area contributed by atoms with E-state index in [9.17, 15) is 0 Å². The third-order valence-corrected chi connectivity index (χ3v) is 3.35. The Bertz CT molecular complexity index is 530. The van der Waals surface area contributed by atoms with Gasteiger partial charge in [0, 0.05) is 17.8 Å². The molecule has 0 aliphatic heterocycles. The van der Waals surface area contributed by atoms with Gasteiger partial charge >= 0.3 is 0 Å². The van der Waals surface area contributed by atoms with Gasteiger partial charge in [-0.25, -0.2) is 4.68 Å². The van der Waals surface area contributed by atoms with Gasteiger partial charge in [-0.2, -0.15) is 0 Å². The first-order chi connectivity index (χ1) is 8.72. The maximum atomic E-state index is 5.78. The van der Waals surface area contributed by atoms with E-state index in [0.29, 0.717) is 12.1 Å². The molecule has 2 aromatic rings. The topological polar surface area (TPSA) is 81.6 Å². The van der Waals surface area contributed by atoms with Gasteiger partial charge in [0.2, 0.25) is 0 Å². The van der Waals surface area contributed by atoms with E-state index in [1.807, 2.05) is 6.92 Å². The molecule has 3 rings (SSSR count). The first kappa shape index (κ1) is 11.2. The molecule has 18 heavy (non-hydrogen) atoms. The molecule has 0 spiro atoms. The molecule has 94 valence electrons. The minimum absolute atomic E-state index is 0.354. The molecular formula is C12H16N6. The number of hydrogen-bond acceptors (Lipinski definition) is 5. The van der Waals surface area contributed by atoms with Crippen LogP contribution < -0.4 is 11.1 Å². The molecule has 1 fully saturated rings. The van der Waals surface area contributed by atoms with Crippen LogP contribution in [0.1, 0.15) is 18.4 Å². The van der Waals surface area contributed by atoms with Crippen LogP contribution in [0.15, 0.2) is 24.5 Å². The zero-order valence-corrected chi connectivity index (χ0v) is 10.2. The van der Waals surface area contributed by atoms with Crippen molar-refractivity contribution in [1.29, 1.82) is 0 Å². The van der Waals surface area contributed by atoms with E-state index in [4.69, 9.17) is 5.73 Å². The van der Waals surface area contributed by atoms with Crippen LogP contribution in [-0.2, 0) is 0 Å². The van der Waals surface area contributed by atoms with Gasteiger partial charge in [-0.1, -0.05) is 6.07 Å². The van der Waals surface area contributed by atoms with Gasteiger partial charge in [0.25, 0.3) is 0 Å². The fraction of sp³-hybridized carbons (Fsp3) is 0.417. The molecule has 0 saturated heterocycles. The number of tetrazole rings is 1. The Labute approximate surface area is 105 Å². The molecule has 0 unspecified atom stereocenters. The van der Waals surface area contributed by atoms with Crippen LogP contribution in [0.25, 0.3) is 5.69 Å². The van der Waals surface area contributed by atoms with Crippen molar-refractivity contribution in [2.45, 2.75) is 31.8 Å². The molecule has 0 atom stereocenters. The molecule has 6 heteroatoms. The fourth-order valence-electron chi connectivity index (χ4n) is 2.23. The number of aromatic nitrogens is 4. The van der Waals surface area contributed by atoms with Crippen molar-refractivity contribution in [1.82, 2.24) is 20.2 Å². The smallest absolute Gasteiger partial charge is 0.143 e. The summed E-state index contributed by atoms with van der Waals surface area (Å²) in [6, 6.07) is 7.05. The quantitative estimate of drug-likeness (QED) is 0.837. The van der Waals surface area contributed by atoms with E-state index in [1.54, 1.807) is 11.0 Å². The number of rotatable bonds is 3. The normalized spacial score (nSPS) is 22.6. The lowest BCUT2D eigenvalue weighted by Crippen LogP contribution is -2.44. The lowest BCUT2D eigenvalue weighted by atomic mass is 9.87. The summed E-state index contributed by atoms with van der Waals surface area (Å²) < 4.78 is 1.67. The Kier molecular flexibility index (Phi) is 2.71. The first-order valence-corrected chi connectivity index (χ1v) is 6.08. The third kappa shape index (κ3) is 2.06. The maximum absolute atomic E-state index is 5.78. The Balaban J connectivity index is 1.82. The summed E-state index contributed by atoms with van der Waals surface area (Å²) >= 11 is 0. The third-order valence-electron chi connectivity index (χ3n) is 3.35. The van der Waals surface area contributed by atoms with Crippen molar-refractivity contribution in [3.05, 3.63) is 30.1 Å². The molecule has 3 N–H and O–H groups in total. The van der Waals surface area contributed by atoms with Crippen molar-refractivity contribution in [2.75, 3.05) is 5.32 Å². The zero-order chi connectivity index (χ0) is 12.5. The molecule has 1 aliphatic rings. The number of benzene rings is 1. The minimum Gasteiger partial charge on any atom is -0.382 e. The second-order valence-electron chi connectivity index (χ2n) is 4.83. The summed E-state index contributed by atoms with van der Waals surface area (Å²) in [5.74, 6) is 0. The largest absolute Gasteiger partial charge is 0.382 e. The summed E-state index contributed by atoms with van der Waals surface area (Å²) in [5, 5.41) is 14.7. The van der Waals surface area contributed by atoms with Crippen molar-refractivity contribution in [3.63, 3.8) is 0 Å². The SMILES string of the molecule is Cc1ccc(NC2CC(N)C2)cc1-n1cnnn1. The number of nitrogens with zero attached hydrogens (tertiary/aromatic N) is 4. The molecular weight excluding hydrogens is 228 g/mol. The lowest BCUT2D eigenvalue weighted by molar-refractivity contribution is 0.373. The molecule has 0 bridgehead atoms. The van der Waals surface area contributed by atoms with Gasteiger partial charge < -0.3 is 11.1 Å². The summed E-state index contributed by atoms with van der Waals surface area (Å²) in [4.78, 5) is 0. The van der Waals surface area contributed by atoms with Gasteiger partial charge in [0.1, 0.15) is 6.33 Å². The predicted molar refractivity (Wildman–Crippen MR) is 68.5 cm³/mol. The Morgan fingerprint density at radius 1 is 1.39 bits per heavy atom. The van der Waals surface area contributed by atoms with E-state index < -0.39 is 0 Å². The second kappa shape index (κ2) is 4.38. The summed E-state index contributed by atoms with van der Waals surface area (Å²) in [6.45, 7) is 2.04. The van der Waals surface area contributed by atoms with Crippen molar-refractivity contribution >= 4 is 5.69 Å². The van der Waals surface area contributed by atoms with Gasteiger partial charge in [-0.3, -0.25) is 0 Å². The molecule has 1 aliphatic carbocycles.